The maximum absolute atomic E-state index is 13.3. The van der Waals surface area contributed by atoms with E-state index in [0.29, 0.717) is 21.2 Å². The van der Waals surface area contributed by atoms with E-state index in [1.54, 1.807) is 24.3 Å². The number of carboxylic acids is 1. The van der Waals surface area contributed by atoms with Crippen LogP contribution in [0.2, 0.25) is 0 Å². The lowest BCUT2D eigenvalue weighted by Gasteiger charge is -2.30. The van der Waals surface area contributed by atoms with Crippen LogP contribution in [-0.2, 0) is 19.2 Å². The van der Waals surface area contributed by atoms with Gasteiger partial charge >= 0.3 is 10.8 Å². The third kappa shape index (κ3) is 5.14. The van der Waals surface area contributed by atoms with Gasteiger partial charge in [-0.1, -0.05) is 41.3 Å². The number of ether oxygens (including phenoxy) is 2. The molecule has 0 radical (unpaired) electrons. The molecule has 0 saturated carbocycles. The molecule has 13 heteroatoms. The first-order valence-corrected chi connectivity index (χ1v) is 13.5. The Morgan fingerprint density at radius 2 is 1.90 bits per heavy atom. The molecule has 0 bridgehead atoms. The second kappa shape index (κ2) is 10.6. The van der Waals surface area contributed by atoms with Crippen LogP contribution >= 0.6 is 23.1 Å². The molecule has 11 nitrogen and oxygen atoms in total. The fourth-order valence-corrected chi connectivity index (χ4v) is 7.32. The zero-order valence-corrected chi connectivity index (χ0v) is 22.4. The van der Waals surface area contributed by atoms with Crippen LogP contribution in [0.5, 0.6) is 11.5 Å². The summed E-state index contributed by atoms with van der Waals surface area (Å²) in [6, 6.07) is 12.3. The molecule has 2 aromatic carbocycles. The fraction of sp³-hybridized carbons (Fsp3) is 0.269. The maximum Gasteiger partial charge on any atom is 0.323 e. The molecule has 0 aliphatic carbocycles. The van der Waals surface area contributed by atoms with Gasteiger partial charge in [-0.05, 0) is 42.3 Å². The second-order valence-corrected chi connectivity index (χ2v) is 11.2. The molecule has 0 spiro atoms. The van der Waals surface area contributed by atoms with Crippen LogP contribution in [0.25, 0.3) is 0 Å². The van der Waals surface area contributed by atoms with Gasteiger partial charge in [-0.2, -0.15) is 0 Å². The molecule has 3 N–H and O–H groups in total. The van der Waals surface area contributed by atoms with Crippen molar-refractivity contribution < 1.29 is 33.8 Å². The number of likely N-dealkylation sites (tertiary alicyclic amines) is 1. The molecule has 3 atom stereocenters. The van der Waals surface area contributed by atoms with E-state index < -0.39 is 41.4 Å². The molecular formula is C26H23N3O8S2. The van der Waals surface area contributed by atoms with Crippen molar-refractivity contribution in [2.45, 2.75) is 23.1 Å². The molecular weight excluding hydrogens is 546 g/mol. The Labute approximate surface area is 230 Å². The largest absolute Gasteiger partial charge is 0.493 e. The number of aryl methyl sites for hydroxylation is 1. The number of thioether (sulfide) groups is 1. The van der Waals surface area contributed by atoms with Gasteiger partial charge in [0.05, 0.1) is 18.1 Å². The summed E-state index contributed by atoms with van der Waals surface area (Å²) < 4.78 is 11.2. The van der Waals surface area contributed by atoms with Gasteiger partial charge in [0, 0.05) is 16.5 Å². The summed E-state index contributed by atoms with van der Waals surface area (Å²) in [6.07, 6.45) is 0. The van der Waals surface area contributed by atoms with E-state index in [-0.39, 0.29) is 28.9 Å². The Bertz CT molecular complexity index is 1550. The lowest BCUT2D eigenvalue weighted by atomic mass is 9.83. The van der Waals surface area contributed by atoms with Crippen LogP contribution in [0.4, 0.5) is 5.69 Å². The number of H-pyrrole nitrogens is 1. The van der Waals surface area contributed by atoms with E-state index in [1.807, 2.05) is 25.1 Å². The summed E-state index contributed by atoms with van der Waals surface area (Å²) in [7, 11) is 1.43. The minimum absolute atomic E-state index is 0.283. The van der Waals surface area contributed by atoms with E-state index in [4.69, 9.17) is 9.47 Å². The van der Waals surface area contributed by atoms with E-state index >= 15 is 0 Å². The maximum atomic E-state index is 13.3. The number of hydrogen-bond donors (Lipinski definition) is 3. The Balaban J connectivity index is 1.42. The highest BCUT2D eigenvalue weighted by Gasteiger charge is 2.56. The van der Waals surface area contributed by atoms with Gasteiger partial charge < -0.3 is 24.9 Å². The average Bonchev–Trinajstić information content (AvgIpc) is 3.37. The Hall–Kier alpha value is -4.10. The normalized spacial score (nSPS) is 19.8. The number of aromatic nitrogens is 1. The molecule has 2 unspecified atom stereocenters. The van der Waals surface area contributed by atoms with Crippen molar-refractivity contribution in [2.24, 2.45) is 5.92 Å². The second-order valence-electron chi connectivity index (χ2n) is 9.02. The third-order valence-corrected chi connectivity index (χ3v) is 8.82. The molecule has 3 heterocycles. The average molecular weight is 570 g/mol. The number of thiazole rings is 1. The molecule has 3 aromatic rings. The summed E-state index contributed by atoms with van der Waals surface area (Å²) in [4.78, 5) is 66.0. The summed E-state index contributed by atoms with van der Waals surface area (Å²) in [5.41, 5.74) is 2.22. The number of nitrogens with zero attached hydrogens (tertiary/aromatic N) is 1. The van der Waals surface area contributed by atoms with Gasteiger partial charge in [-0.3, -0.25) is 28.9 Å². The number of benzene rings is 2. The number of rotatable bonds is 8. The highest BCUT2D eigenvalue weighted by Crippen LogP contribution is 2.53. The Morgan fingerprint density at radius 1 is 1.10 bits per heavy atom. The number of amides is 3. The van der Waals surface area contributed by atoms with Crippen LogP contribution in [-0.4, -0.2) is 64.2 Å². The minimum Gasteiger partial charge on any atom is -0.493 e. The molecule has 2 aliphatic heterocycles. The summed E-state index contributed by atoms with van der Waals surface area (Å²) in [5.74, 6) is -3.91. The number of carbonyl (C=O) groups is 4. The number of nitrogens with one attached hydrogen (secondary N) is 2. The first-order chi connectivity index (χ1) is 18.7. The zero-order valence-electron chi connectivity index (χ0n) is 20.8. The number of methoxy groups -OCH3 is 1. The number of aliphatic carboxylic acids is 1. The molecule has 202 valence electrons. The van der Waals surface area contributed by atoms with Crippen molar-refractivity contribution in [3.05, 3.63) is 68.1 Å². The van der Waals surface area contributed by atoms with Crippen molar-refractivity contribution in [2.75, 3.05) is 25.6 Å². The molecule has 3 amide bonds. The van der Waals surface area contributed by atoms with Crippen LogP contribution in [0.3, 0.4) is 0 Å². The number of carboxylic acid groups (broad SMARTS) is 1. The van der Waals surface area contributed by atoms with E-state index in [0.717, 1.165) is 33.6 Å². The quantitative estimate of drug-likeness (QED) is 0.347. The van der Waals surface area contributed by atoms with Crippen molar-refractivity contribution in [3.8, 4) is 11.5 Å². The van der Waals surface area contributed by atoms with Crippen molar-refractivity contribution in [3.63, 3.8) is 0 Å². The molecule has 5 rings (SSSR count). The van der Waals surface area contributed by atoms with Gasteiger partial charge in [0.25, 0.3) is 5.91 Å². The molecule has 2 aliphatic rings. The standard InChI is InChI=1S/C26H23N3O8S2/c1-12-4-3-5-14(8-12)27-17(30)11-37-15-7-6-13(9-16(15)36-2)19-20-22(38-23-21(19)39-26(35)28-23)25(34)29(24(20)33)10-18(31)32/h3-9,19-20,22H,10-11H2,1-2H3,(H,27,30)(H,28,35)(H,31,32)/t19-,20?,22?/m0/s1. The number of imide groups is 1. The van der Waals surface area contributed by atoms with E-state index in [2.05, 4.69) is 10.3 Å². The predicted molar refractivity (Wildman–Crippen MR) is 143 cm³/mol. The highest BCUT2D eigenvalue weighted by atomic mass is 32.2. The number of carbonyl (C=O) groups excluding carboxylic acids is 3. The SMILES string of the molecule is COc1cc([C@@H]2c3sc(=O)[nH]c3SC3C(=O)N(CC(=O)O)C(=O)C32)ccc1OCC(=O)Nc1cccc(C)c1. The lowest BCUT2D eigenvalue weighted by Crippen LogP contribution is -2.36. The zero-order chi connectivity index (χ0) is 27.8. The van der Waals surface area contributed by atoms with E-state index in [1.165, 1.54) is 7.11 Å². The van der Waals surface area contributed by atoms with Crippen molar-refractivity contribution >= 4 is 52.5 Å². The van der Waals surface area contributed by atoms with Crippen LogP contribution in [0.15, 0.2) is 52.3 Å². The Morgan fingerprint density at radius 3 is 2.62 bits per heavy atom. The molecule has 1 fully saturated rings. The number of aromatic amines is 1. The van der Waals surface area contributed by atoms with E-state index in [9.17, 15) is 29.1 Å². The minimum atomic E-state index is -1.30. The lowest BCUT2D eigenvalue weighted by molar-refractivity contribution is -0.149. The smallest absolute Gasteiger partial charge is 0.323 e. The fourth-order valence-electron chi connectivity index (χ4n) is 4.78. The first-order valence-electron chi connectivity index (χ1n) is 11.8. The summed E-state index contributed by atoms with van der Waals surface area (Å²) >= 11 is 2.00. The molecule has 1 saturated heterocycles. The van der Waals surface area contributed by atoms with Crippen LogP contribution in [0, 0.1) is 12.8 Å². The van der Waals surface area contributed by atoms with Crippen molar-refractivity contribution in [1.82, 2.24) is 9.88 Å². The van der Waals surface area contributed by atoms with Crippen LogP contribution < -0.4 is 19.7 Å². The first kappa shape index (κ1) is 26.5. The van der Waals surface area contributed by atoms with Crippen molar-refractivity contribution in [1.29, 1.82) is 0 Å². The van der Waals surface area contributed by atoms with Crippen LogP contribution in [0.1, 0.15) is 21.9 Å². The predicted octanol–water partition coefficient (Wildman–Crippen LogP) is 2.45. The number of hydrogen-bond acceptors (Lipinski definition) is 9. The number of fused-ring (bicyclic) bond motifs is 2. The van der Waals surface area contributed by atoms with Gasteiger partial charge in [0.15, 0.2) is 18.1 Å². The summed E-state index contributed by atoms with van der Waals surface area (Å²) in [5, 5.41) is 11.6. The third-order valence-electron chi connectivity index (χ3n) is 6.42. The Kier molecular flexibility index (Phi) is 7.19. The summed E-state index contributed by atoms with van der Waals surface area (Å²) in [6.45, 7) is 0.900. The van der Waals surface area contributed by atoms with Gasteiger partial charge in [0.1, 0.15) is 11.8 Å². The van der Waals surface area contributed by atoms with Gasteiger partial charge in [-0.15, -0.1) is 0 Å². The number of anilines is 1. The molecule has 39 heavy (non-hydrogen) atoms. The topological polar surface area (TPSA) is 155 Å². The van der Waals surface area contributed by atoms with Gasteiger partial charge in [-0.25, -0.2) is 0 Å². The monoisotopic (exact) mass is 569 g/mol. The molecule has 1 aromatic heterocycles. The highest BCUT2D eigenvalue weighted by molar-refractivity contribution is 8.00. The van der Waals surface area contributed by atoms with Gasteiger partial charge in [0.2, 0.25) is 11.8 Å².